The third-order valence-corrected chi connectivity index (χ3v) is 3.65. The van der Waals surface area contributed by atoms with E-state index < -0.39 is 0 Å². The van der Waals surface area contributed by atoms with Gasteiger partial charge in [-0.2, -0.15) is 10.2 Å². The molecule has 3 nitrogen and oxygen atoms in total. The second-order valence-corrected chi connectivity index (χ2v) is 5.16. The normalized spacial score (nSPS) is 14.9. The smallest absolute Gasteiger partial charge is 0.0932 e. The maximum Gasteiger partial charge on any atom is 0.0932 e. The molecule has 1 aromatic heterocycles. The van der Waals surface area contributed by atoms with Crippen LogP contribution in [0.15, 0.2) is 30.5 Å². The van der Waals surface area contributed by atoms with E-state index in [9.17, 15) is 0 Å². The third-order valence-electron chi connectivity index (χ3n) is 3.65. The predicted molar refractivity (Wildman–Crippen MR) is 75.6 cm³/mol. The highest BCUT2D eigenvalue weighted by Crippen LogP contribution is 2.31. The molecule has 0 aliphatic carbocycles. The molecule has 0 amide bonds. The van der Waals surface area contributed by atoms with Gasteiger partial charge in [-0.25, -0.2) is 0 Å². The standard InChI is InChI=1S/C15H21N3/c1-10(2)15(11(3)16-4)13-9-17-18-14-8-6-5-7-12(13)14/h5-11,15-16H,1-4H3. The molecule has 0 fully saturated rings. The highest BCUT2D eigenvalue weighted by atomic mass is 15.1. The van der Waals surface area contributed by atoms with Gasteiger partial charge in [0.2, 0.25) is 0 Å². The average Bonchev–Trinajstić information content (AvgIpc) is 2.38. The molecule has 1 heterocycles. The zero-order valence-electron chi connectivity index (χ0n) is 11.5. The van der Waals surface area contributed by atoms with Crippen molar-refractivity contribution in [3.8, 4) is 0 Å². The summed E-state index contributed by atoms with van der Waals surface area (Å²) < 4.78 is 0. The number of benzene rings is 1. The Bertz CT molecular complexity index is 517. The van der Waals surface area contributed by atoms with Gasteiger partial charge in [-0.15, -0.1) is 0 Å². The van der Waals surface area contributed by atoms with Crippen molar-refractivity contribution in [2.45, 2.75) is 32.7 Å². The fourth-order valence-electron chi connectivity index (χ4n) is 2.68. The summed E-state index contributed by atoms with van der Waals surface area (Å²) in [5.74, 6) is 0.996. The SMILES string of the molecule is CNC(C)C(c1cnnc2ccccc12)C(C)C. The number of aromatic nitrogens is 2. The maximum absolute atomic E-state index is 4.20. The van der Waals surface area contributed by atoms with Crippen molar-refractivity contribution in [2.75, 3.05) is 7.05 Å². The largest absolute Gasteiger partial charge is 0.317 e. The highest BCUT2D eigenvalue weighted by molar-refractivity contribution is 5.81. The Morgan fingerprint density at radius 1 is 1.11 bits per heavy atom. The number of nitrogens with zero attached hydrogens (tertiary/aromatic N) is 2. The molecule has 0 aliphatic rings. The quantitative estimate of drug-likeness (QED) is 0.897. The fraction of sp³-hybridized carbons (Fsp3) is 0.467. The molecule has 0 saturated heterocycles. The first-order valence-corrected chi connectivity index (χ1v) is 6.52. The number of nitrogens with one attached hydrogen (secondary N) is 1. The van der Waals surface area contributed by atoms with E-state index in [2.05, 4.69) is 48.4 Å². The Morgan fingerprint density at radius 3 is 2.50 bits per heavy atom. The van der Waals surface area contributed by atoms with Crippen LogP contribution in [0.25, 0.3) is 10.9 Å². The summed E-state index contributed by atoms with van der Waals surface area (Å²) in [7, 11) is 2.01. The molecular weight excluding hydrogens is 222 g/mol. The Hall–Kier alpha value is -1.48. The number of hydrogen-bond acceptors (Lipinski definition) is 3. The molecule has 0 bridgehead atoms. The molecule has 2 rings (SSSR count). The zero-order chi connectivity index (χ0) is 13.1. The van der Waals surface area contributed by atoms with Crippen LogP contribution >= 0.6 is 0 Å². The van der Waals surface area contributed by atoms with E-state index in [-0.39, 0.29) is 0 Å². The van der Waals surface area contributed by atoms with Crippen LogP contribution in [0.4, 0.5) is 0 Å². The molecule has 18 heavy (non-hydrogen) atoms. The first kappa shape index (κ1) is 13.0. The van der Waals surface area contributed by atoms with Gasteiger partial charge in [0.15, 0.2) is 0 Å². The third kappa shape index (κ3) is 2.36. The van der Waals surface area contributed by atoms with E-state index in [1.807, 2.05) is 25.4 Å². The van der Waals surface area contributed by atoms with Crippen LogP contribution in [0.5, 0.6) is 0 Å². The maximum atomic E-state index is 4.20. The Labute approximate surface area is 109 Å². The van der Waals surface area contributed by atoms with Crippen molar-refractivity contribution in [3.63, 3.8) is 0 Å². The number of rotatable bonds is 4. The number of fused-ring (bicyclic) bond motifs is 1. The van der Waals surface area contributed by atoms with Crippen molar-refractivity contribution in [2.24, 2.45) is 5.92 Å². The molecule has 0 saturated carbocycles. The van der Waals surface area contributed by atoms with Crippen LogP contribution in [-0.4, -0.2) is 23.3 Å². The van der Waals surface area contributed by atoms with E-state index in [4.69, 9.17) is 0 Å². The molecule has 1 N–H and O–H groups in total. The first-order valence-electron chi connectivity index (χ1n) is 6.52. The van der Waals surface area contributed by atoms with E-state index in [1.54, 1.807) is 0 Å². The molecule has 0 spiro atoms. The fourth-order valence-corrected chi connectivity index (χ4v) is 2.68. The lowest BCUT2D eigenvalue weighted by Crippen LogP contribution is -2.32. The minimum Gasteiger partial charge on any atom is -0.317 e. The molecule has 2 unspecified atom stereocenters. The number of hydrogen-bond donors (Lipinski definition) is 1. The second-order valence-electron chi connectivity index (χ2n) is 5.16. The molecule has 0 aliphatic heterocycles. The predicted octanol–water partition coefficient (Wildman–Crippen LogP) is 2.98. The van der Waals surface area contributed by atoms with Crippen LogP contribution in [0.3, 0.4) is 0 Å². The lowest BCUT2D eigenvalue weighted by atomic mass is 9.82. The molecular formula is C15H21N3. The lowest BCUT2D eigenvalue weighted by Gasteiger charge is -2.28. The van der Waals surface area contributed by atoms with Gasteiger partial charge in [-0.3, -0.25) is 0 Å². The van der Waals surface area contributed by atoms with Gasteiger partial charge in [-0.05, 0) is 31.5 Å². The molecule has 0 radical (unpaired) electrons. The molecule has 2 atom stereocenters. The van der Waals surface area contributed by atoms with Gasteiger partial charge in [0.1, 0.15) is 0 Å². The summed E-state index contributed by atoms with van der Waals surface area (Å²) in [6, 6.07) is 8.64. The van der Waals surface area contributed by atoms with Gasteiger partial charge in [0.25, 0.3) is 0 Å². The zero-order valence-corrected chi connectivity index (χ0v) is 11.5. The van der Waals surface area contributed by atoms with Gasteiger partial charge < -0.3 is 5.32 Å². The van der Waals surface area contributed by atoms with Gasteiger partial charge in [0, 0.05) is 17.3 Å². The van der Waals surface area contributed by atoms with Crippen molar-refractivity contribution >= 4 is 10.9 Å². The van der Waals surface area contributed by atoms with Gasteiger partial charge in [-0.1, -0.05) is 32.0 Å². The van der Waals surface area contributed by atoms with Gasteiger partial charge in [0.05, 0.1) is 11.7 Å². The van der Waals surface area contributed by atoms with Crippen LogP contribution in [0, 0.1) is 5.92 Å². The van der Waals surface area contributed by atoms with Crippen LogP contribution in [-0.2, 0) is 0 Å². The Kier molecular flexibility index (Phi) is 3.92. The number of likely N-dealkylation sites (N-methyl/N-ethyl adjacent to an activating group) is 1. The summed E-state index contributed by atoms with van der Waals surface area (Å²) >= 11 is 0. The molecule has 2 aromatic rings. The van der Waals surface area contributed by atoms with E-state index >= 15 is 0 Å². The first-order chi connectivity index (χ1) is 8.65. The van der Waals surface area contributed by atoms with Crippen LogP contribution in [0.2, 0.25) is 0 Å². The lowest BCUT2D eigenvalue weighted by molar-refractivity contribution is 0.396. The van der Waals surface area contributed by atoms with Crippen molar-refractivity contribution in [1.29, 1.82) is 0 Å². The highest BCUT2D eigenvalue weighted by Gasteiger charge is 2.23. The van der Waals surface area contributed by atoms with E-state index in [1.165, 1.54) is 10.9 Å². The summed E-state index contributed by atoms with van der Waals surface area (Å²) in [5, 5.41) is 12.9. The second kappa shape index (κ2) is 5.44. The molecule has 3 heteroatoms. The summed E-state index contributed by atoms with van der Waals surface area (Å²) in [5.41, 5.74) is 2.27. The minimum absolute atomic E-state index is 0.414. The van der Waals surface area contributed by atoms with Crippen molar-refractivity contribution < 1.29 is 0 Å². The summed E-state index contributed by atoms with van der Waals surface area (Å²) in [6.07, 6.45) is 1.92. The van der Waals surface area contributed by atoms with Crippen LogP contribution in [0.1, 0.15) is 32.3 Å². The van der Waals surface area contributed by atoms with E-state index in [0.717, 1.165) is 5.52 Å². The van der Waals surface area contributed by atoms with Crippen molar-refractivity contribution in [1.82, 2.24) is 15.5 Å². The van der Waals surface area contributed by atoms with Crippen LogP contribution < -0.4 is 5.32 Å². The Balaban J connectivity index is 2.57. The Morgan fingerprint density at radius 2 is 1.83 bits per heavy atom. The van der Waals surface area contributed by atoms with Gasteiger partial charge >= 0.3 is 0 Å². The summed E-state index contributed by atoms with van der Waals surface area (Å²) in [6.45, 7) is 6.74. The minimum atomic E-state index is 0.414. The molecule has 1 aromatic carbocycles. The van der Waals surface area contributed by atoms with Crippen molar-refractivity contribution in [3.05, 3.63) is 36.0 Å². The van der Waals surface area contributed by atoms with E-state index in [0.29, 0.717) is 17.9 Å². The molecule has 96 valence electrons. The topological polar surface area (TPSA) is 37.8 Å². The summed E-state index contributed by atoms with van der Waals surface area (Å²) in [4.78, 5) is 0. The average molecular weight is 243 g/mol. The monoisotopic (exact) mass is 243 g/mol.